The highest BCUT2D eigenvalue weighted by Crippen LogP contribution is 2.26. The summed E-state index contributed by atoms with van der Waals surface area (Å²) in [7, 11) is 1.62. The number of hydrogen-bond donors (Lipinski definition) is 2. The third-order valence-electron chi connectivity index (χ3n) is 3.47. The molecule has 0 radical (unpaired) electrons. The van der Waals surface area contributed by atoms with Gasteiger partial charge in [-0.2, -0.15) is 0 Å². The van der Waals surface area contributed by atoms with Gasteiger partial charge in [-0.1, -0.05) is 22.9 Å². The van der Waals surface area contributed by atoms with Crippen LogP contribution in [0.2, 0.25) is 5.15 Å². The molecule has 1 atom stereocenters. The molecule has 0 aliphatic carbocycles. The second kappa shape index (κ2) is 7.31. The van der Waals surface area contributed by atoms with Gasteiger partial charge < -0.3 is 10.5 Å². The van der Waals surface area contributed by atoms with Crippen LogP contribution in [-0.2, 0) is 11.8 Å². The van der Waals surface area contributed by atoms with E-state index in [0.29, 0.717) is 22.8 Å². The van der Waals surface area contributed by atoms with E-state index in [1.54, 1.807) is 32.3 Å². The molecule has 0 bridgehead atoms. The largest absolute Gasteiger partial charge is 0.441 e. The van der Waals surface area contributed by atoms with E-state index in [4.69, 9.17) is 22.1 Å². The second-order valence-electron chi connectivity index (χ2n) is 5.29. The number of nitrogens with zero attached hydrogens (tertiary/aromatic N) is 6. The van der Waals surface area contributed by atoms with Gasteiger partial charge in [0.05, 0.1) is 12.4 Å². The summed E-state index contributed by atoms with van der Waals surface area (Å²) in [5, 5.41) is 10.8. The summed E-state index contributed by atoms with van der Waals surface area (Å²) in [6.07, 6.45) is 3.08. The van der Waals surface area contributed by atoms with E-state index in [1.807, 2.05) is 0 Å². The number of carbonyl (C=O) groups is 1. The van der Waals surface area contributed by atoms with Crippen LogP contribution in [0.15, 0.2) is 30.7 Å². The quantitative estimate of drug-likeness (QED) is 0.664. The standard InChI is InChI=1S/C15H15ClN8O2/c1-8(9-4-3-5-18-13(9)16)26-15(25)21-14-12(22-23-24(14)2)10-6-20-11(17)7-19-10/h3-8H,1-2H3,(H2,17,20)(H,21,25). The van der Waals surface area contributed by atoms with E-state index in [1.165, 1.54) is 17.1 Å². The zero-order chi connectivity index (χ0) is 18.7. The van der Waals surface area contributed by atoms with E-state index in [2.05, 4.69) is 30.6 Å². The Labute approximate surface area is 153 Å². The number of nitrogens with one attached hydrogen (secondary N) is 1. The van der Waals surface area contributed by atoms with Gasteiger partial charge in [0.25, 0.3) is 0 Å². The molecule has 11 heteroatoms. The first-order chi connectivity index (χ1) is 12.5. The van der Waals surface area contributed by atoms with Crippen LogP contribution in [0.5, 0.6) is 0 Å². The summed E-state index contributed by atoms with van der Waals surface area (Å²) < 4.78 is 6.74. The number of carbonyl (C=O) groups excluding carboxylic acids is 1. The monoisotopic (exact) mass is 374 g/mol. The summed E-state index contributed by atoms with van der Waals surface area (Å²) >= 11 is 6.02. The molecule has 26 heavy (non-hydrogen) atoms. The van der Waals surface area contributed by atoms with Crippen LogP contribution in [0.3, 0.4) is 0 Å². The minimum atomic E-state index is -0.701. The van der Waals surface area contributed by atoms with Crippen LogP contribution in [0.25, 0.3) is 11.4 Å². The second-order valence-corrected chi connectivity index (χ2v) is 5.65. The zero-order valence-electron chi connectivity index (χ0n) is 13.9. The maximum absolute atomic E-state index is 12.3. The fourth-order valence-corrected chi connectivity index (χ4v) is 2.45. The van der Waals surface area contributed by atoms with Gasteiger partial charge in [-0.05, 0) is 13.0 Å². The number of aromatic nitrogens is 6. The van der Waals surface area contributed by atoms with E-state index in [-0.39, 0.29) is 11.0 Å². The van der Waals surface area contributed by atoms with Crippen LogP contribution in [0.1, 0.15) is 18.6 Å². The molecule has 3 rings (SSSR count). The van der Waals surface area contributed by atoms with Crippen LogP contribution in [0.4, 0.5) is 16.4 Å². The topological polar surface area (TPSA) is 134 Å². The Kier molecular flexibility index (Phi) is 4.94. The Bertz CT molecular complexity index is 928. The maximum Gasteiger partial charge on any atom is 0.413 e. The minimum Gasteiger partial charge on any atom is -0.441 e. The van der Waals surface area contributed by atoms with Gasteiger partial charge in [0.1, 0.15) is 22.8 Å². The van der Waals surface area contributed by atoms with Crippen molar-refractivity contribution in [1.29, 1.82) is 0 Å². The first-order valence-corrected chi connectivity index (χ1v) is 7.89. The number of pyridine rings is 1. The fourth-order valence-electron chi connectivity index (χ4n) is 2.18. The number of nitrogens with two attached hydrogens (primary N) is 1. The lowest BCUT2D eigenvalue weighted by atomic mass is 10.2. The lowest BCUT2D eigenvalue weighted by molar-refractivity contribution is 0.121. The molecule has 134 valence electrons. The van der Waals surface area contributed by atoms with Crippen molar-refractivity contribution in [2.75, 3.05) is 11.1 Å². The van der Waals surface area contributed by atoms with Crippen molar-refractivity contribution in [1.82, 2.24) is 29.9 Å². The number of nitrogen functional groups attached to an aromatic ring is 1. The lowest BCUT2D eigenvalue weighted by Gasteiger charge is -2.15. The van der Waals surface area contributed by atoms with Crippen molar-refractivity contribution in [2.24, 2.45) is 7.05 Å². The number of amides is 1. The molecule has 1 unspecified atom stereocenters. The van der Waals surface area contributed by atoms with Gasteiger partial charge in [-0.15, -0.1) is 5.10 Å². The number of hydrogen-bond acceptors (Lipinski definition) is 8. The SMILES string of the molecule is CC(OC(=O)Nc1c(-c2cnc(N)cn2)nnn1C)c1cccnc1Cl. The highest BCUT2D eigenvalue weighted by molar-refractivity contribution is 6.30. The predicted molar refractivity (Wildman–Crippen MR) is 94.2 cm³/mol. The molecule has 0 saturated heterocycles. The average molecular weight is 375 g/mol. The number of ether oxygens (including phenoxy) is 1. The van der Waals surface area contributed by atoms with Crippen molar-refractivity contribution < 1.29 is 9.53 Å². The normalized spacial score (nSPS) is 11.8. The van der Waals surface area contributed by atoms with Gasteiger partial charge >= 0.3 is 6.09 Å². The molecule has 0 aliphatic heterocycles. The molecule has 1 amide bonds. The van der Waals surface area contributed by atoms with Gasteiger partial charge in [0, 0.05) is 18.8 Å². The van der Waals surface area contributed by atoms with Gasteiger partial charge in [0.2, 0.25) is 0 Å². The summed E-state index contributed by atoms with van der Waals surface area (Å²) in [6.45, 7) is 1.69. The summed E-state index contributed by atoms with van der Waals surface area (Å²) in [4.78, 5) is 24.3. The molecule has 0 aliphatic rings. The number of halogens is 1. The fraction of sp³-hybridized carbons (Fsp3) is 0.200. The Hall–Kier alpha value is -3.27. The Morgan fingerprint density at radius 1 is 1.35 bits per heavy atom. The number of rotatable bonds is 4. The van der Waals surface area contributed by atoms with Gasteiger partial charge in [-0.25, -0.2) is 24.4 Å². The zero-order valence-corrected chi connectivity index (χ0v) is 14.7. The maximum atomic E-state index is 12.3. The predicted octanol–water partition coefficient (Wildman–Crippen LogP) is 2.21. The highest BCUT2D eigenvalue weighted by Gasteiger charge is 2.20. The van der Waals surface area contributed by atoms with E-state index in [0.717, 1.165) is 0 Å². The summed E-state index contributed by atoms with van der Waals surface area (Å²) in [6, 6.07) is 3.44. The molecule has 0 aromatic carbocycles. The van der Waals surface area contributed by atoms with Crippen molar-refractivity contribution in [3.63, 3.8) is 0 Å². The van der Waals surface area contributed by atoms with Crippen LogP contribution < -0.4 is 11.1 Å². The summed E-state index contributed by atoms with van der Waals surface area (Å²) in [5.74, 6) is 0.576. The first-order valence-electron chi connectivity index (χ1n) is 7.51. The lowest BCUT2D eigenvalue weighted by Crippen LogP contribution is -2.18. The Morgan fingerprint density at radius 2 is 2.15 bits per heavy atom. The molecular formula is C15H15ClN8O2. The molecule has 3 N–H and O–H groups in total. The smallest absolute Gasteiger partial charge is 0.413 e. The number of aryl methyl sites for hydroxylation is 1. The van der Waals surface area contributed by atoms with Crippen molar-refractivity contribution in [2.45, 2.75) is 13.0 Å². The average Bonchev–Trinajstić information content (AvgIpc) is 2.96. The summed E-state index contributed by atoms with van der Waals surface area (Å²) in [5.41, 5.74) is 6.87. The molecule has 10 nitrogen and oxygen atoms in total. The number of anilines is 2. The van der Waals surface area contributed by atoms with Crippen molar-refractivity contribution in [3.8, 4) is 11.4 Å². The highest BCUT2D eigenvalue weighted by atomic mass is 35.5. The molecule has 3 heterocycles. The van der Waals surface area contributed by atoms with Crippen molar-refractivity contribution >= 4 is 29.3 Å². The third kappa shape index (κ3) is 3.70. The molecule has 3 aromatic rings. The van der Waals surface area contributed by atoms with E-state index in [9.17, 15) is 4.79 Å². The minimum absolute atomic E-state index is 0.271. The molecule has 0 spiro atoms. The Morgan fingerprint density at radius 3 is 2.85 bits per heavy atom. The van der Waals surface area contributed by atoms with Gasteiger partial charge in [0.15, 0.2) is 11.5 Å². The first kappa shape index (κ1) is 17.5. The molecule has 0 saturated carbocycles. The molecule has 3 aromatic heterocycles. The van der Waals surface area contributed by atoms with Gasteiger partial charge in [-0.3, -0.25) is 5.32 Å². The third-order valence-corrected chi connectivity index (χ3v) is 3.79. The molecular weight excluding hydrogens is 360 g/mol. The van der Waals surface area contributed by atoms with Crippen LogP contribution in [-0.4, -0.2) is 36.0 Å². The van der Waals surface area contributed by atoms with E-state index < -0.39 is 12.2 Å². The Balaban J connectivity index is 1.77. The molecule has 0 fully saturated rings. The van der Waals surface area contributed by atoms with Crippen LogP contribution >= 0.6 is 11.6 Å². The van der Waals surface area contributed by atoms with Crippen LogP contribution in [0, 0.1) is 0 Å². The van der Waals surface area contributed by atoms with E-state index >= 15 is 0 Å². The van der Waals surface area contributed by atoms with Crippen molar-refractivity contribution in [3.05, 3.63) is 41.4 Å².